The standard InChI is InChI=1S/C18H18FN/c19-18-14-15(8-4-1-2-7-13-20)11-12-17(18)16-9-5-3-6-10-16/h3,5-6,9-12,14H,1-2,4,7-8H2. The smallest absolute Gasteiger partial charge is 0.131 e. The van der Waals surface area contributed by atoms with Gasteiger partial charge in [0.15, 0.2) is 0 Å². The van der Waals surface area contributed by atoms with Crippen LogP contribution in [0.1, 0.15) is 31.2 Å². The molecule has 0 aliphatic heterocycles. The number of rotatable bonds is 6. The Bertz CT molecular complexity index is 584. The monoisotopic (exact) mass is 267 g/mol. The number of halogens is 1. The first kappa shape index (κ1) is 14.3. The summed E-state index contributed by atoms with van der Waals surface area (Å²) in [6.07, 6.45) is 4.45. The fourth-order valence-corrected chi connectivity index (χ4v) is 2.28. The number of hydrogen-bond donors (Lipinski definition) is 0. The Morgan fingerprint density at radius 1 is 0.950 bits per heavy atom. The molecule has 0 bridgehead atoms. The summed E-state index contributed by atoms with van der Waals surface area (Å²) in [4.78, 5) is 0. The van der Waals surface area contributed by atoms with E-state index in [1.807, 2.05) is 42.5 Å². The Labute approximate surface area is 119 Å². The largest absolute Gasteiger partial charge is 0.206 e. The molecule has 0 aliphatic carbocycles. The van der Waals surface area contributed by atoms with Crippen molar-refractivity contribution in [2.24, 2.45) is 0 Å². The molecule has 0 atom stereocenters. The van der Waals surface area contributed by atoms with Crippen molar-refractivity contribution < 1.29 is 4.39 Å². The number of benzene rings is 2. The van der Waals surface area contributed by atoms with Crippen LogP contribution in [-0.4, -0.2) is 0 Å². The molecule has 1 nitrogen and oxygen atoms in total. The normalized spacial score (nSPS) is 10.2. The minimum absolute atomic E-state index is 0.161. The third-order valence-corrected chi connectivity index (χ3v) is 3.37. The number of unbranched alkanes of at least 4 members (excludes halogenated alkanes) is 3. The van der Waals surface area contributed by atoms with Gasteiger partial charge in [-0.05, 0) is 36.5 Å². The number of aryl methyl sites for hydroxylation is 1. The quantitative estimate of drug-likeness (QED) is 0.666. The molecule has 2 heteroatoms. The van der Waals surface area contributed by atoms with Gasteiger partial charge in [0.1, 0.15) is 5.82 Å². The van der Waals surface area contributed by atoms with E-state index < -0.39 is 0 Å². The van der Waals surface area contributed by atoms with Crippen LogP contribution in [0.5, 0.6) is 0 Å². The Hall–Kier alpha value is -2.14. The Balaban J connectivity index is 1.98. The lowest BCUT2D eigenvalue weighted by atomic mass is 10.0. The highest BCUT2D eigenvalue weighted by molar-refractivity contribution is 5.64. The van der Waals surface area contributed by atoms with Crippen LogP contribution in [0.4, 0.5) is 4.39 Å². The molecule has 0 N–H and O–H groups in total. The number of nitrogens with zero attached hydrogens (tertiary/aromatic N) is 1. The third-order valence-electron chi connectivity index (χ3n) is 3.37. The van der Waals surface area contributed by atoms with Crippen LogP contribution < -0.4 is 0 Å². The van der Waals surface area contributed by atoms with Crippen molar-refractivity contribution in [3.8, 4) is 17.2 Å². The van der Waals surface area contributed by atoms with Gasteiger partial charge in [0.25, 0.3) is 0 Å². The molecule has 2 aromatic rings. The maximum atomic E-state index is 14.1. The molecule has 20 heavy (non-hydrogen) atoms. The van der Waals surface area contributed by atoms with Gasteiger partial charge in [0, 0.05) is 12.0 Å². The molecule has 0 fully saturated rings. The molecule has 0 amide bonds. The fraction of sp³-hybridized carbons (Fsp3) is 0.278. The molecule has 0 heterocycles. The third kappa shape index (κ3) is 3.93. The van der Waals surface area contributed by atoms with Crippen molar-refractivity contribution in [3.63, 3.8) is 0 Å². The summed E-state index contributed by atoms with van der Waals surface area (Å²) < 4.78 is 14.1. The average molecular weight is 267 g/mol. The van der Waals surface area contributed by atoms with E-state index in [0.29, 0.717) is 12.0 Å². The topological polar surface area (TPSA) is 23.8 Å². The second-order valence-electron chi connectivity index (χ2n) is 4.90. The van der Waals surface area contributed by atoms with Crippen molar-refractivity contribution in [1.82, 2.24) is 0 Å². The maximum absolute atomic E-state index is 14.1. The van der Waals surface area contributed by atoms with Crippen molar-refractivity contribution in [1.29, 1.82) is 5.26 Å². The lowest BCUT2D eigenvalue weighted by molar-refractivity contribution is 0.625. The van der Waals surface area contributed by atoms with Crippen LogP contribution in [-0.2, 0) is 6.42 Å². The van der Waals surface area contributed by atoms with Gasteiger partial charge in [-0.1, -0.05) is 48.9 Å². The molecule has 0 unspecified atom stereocenters. The minimum atomic E-state index is -0.161. The molecule has 0 aromatic heterocycles. The van der Waals surface area contributed by atoms with E-state index in [1.54, 1.807) is 6.07 Å². The van der Waals surface area contributed by atoms with E-state index in [-0.39, 0.29) is 5.82 Å². The molecule has 0 saturated carbocycles. The summed E-state index contributed by atoms with van der Waals surface area (Å²) >= 11 is 0. The zero-order valence-corrected chi connectivity index (χ0v) is 11.5. The molecule has 102 valence electrons. The summed E-state index contributed by atoms with van der Waals surface area (Å²) in [6.45, 7) is 0. The Kier molecular flexibility index (Phi) is 5.32. The zero-order chi connectivity index (χ0) is 14.2. The van der Waals surface area contributed by atoms with E-state index in [0.717, 1.165) is 36.8 Å². The molecule has 2 aromatic carbocycles. The molecule has 0 radical (unpaired) electrons. The van der Waals surface area contributed by atoms with Gasteiger partial charge in [-0.3, -0.25) is 0 Å². The maximum Gasteiger partial charge on any atom is 0.131 e. The summed E-state index contributed by atoms with van der Waals surface area (Å²) in [5, 5.41) is 8.46. The van der Waals surface area contributed by atoms with Gasteiger partial charge in [-0.2, -0.15) is 5.26 Å². The summed E-state index contributed by atoms with van der Waals surface area (Å²) in [7, 11) is 0. The molecular formula is C18H18FN. The van der Waals surface area contributed by atoms with E-state index in [4.69, 9.17) is 5.26 Å². The van der Waals surface area contributed by atoms with Crippen molar-refractivity contribution >= 4 is 0 Å². The first-order valence-corrected chi connectivity index (χ1v) is 7.02. The van der Waals surface area contributed by atoms with Gasteiger partial charge in [-0.15, -0.1) is 0 Å². The van der Waals surface area contributed by atoms with Crippen LogP contribution >= 0.6 is 0 Å². The lowest BCUT2D eigenvalue weighted by Crippen LogP contribution is -1.90. The van der Waals surface area contributed by atoms with Gasteiger partial charge in [0.05, 0.1) is 6.07 Å². The van der Waals surface area contributed by atoms with Crippen molar-refractivity contribution in [2.75, 3.05) is 0 Å². The highest BCUT2D eigenvalue weighted by atomic mass is 19.1. The summed E-state index contributed by atoms with van der Waals surface area (Å²) in [5.41, 5.74) is 2.59. The minimum Gasteiger partial charge on any atom is -0.206 e. The van der Waals surface area contributed by atoms with Gasteiger partial charge in [0.2, 0.25) is 0 Å². The summed E-state index contributed by atoms with van der Waals surface area (Å²) in [6, 6.07) is 17.2. The predicted octanol–water partition coefficient (Wildman–Crippen LogP) is 5.12. The highest BCUT2D eigenvalue weighted by Crippen LogP contribution is 2.24. The van der Waals surface area contributed by atoms with E-state index in [1.165, 1.54) is 0 Å². The number of hydrogen-bond acceptors (Lipinski definition) is 1. The average Bonchev–Trinajstić information content (AvgIpc) is 2.48. The first-order valence-electron chi connectivity index (χ1n) is 7.02. The van der Waals surface area contributed by atoms with Crippen molar-refractivity contribution in [2.45, 2.75) is 32.1 Å². The lowest BCUT2D eigenvalue weighted by Gasteiger charge is -2.06. The van der Waals surface area contributed by atoms with Gasteiger partial charge >= 0.3 is 0 Å². The Morgan fingerprint density at radius 2 is 1.75 bits per heavy atom. The molecule has 0 aliphatic rings. The molecule has 2 rings (SSSR count). The van der Waals surface area contributed by atoms with Crippen LogP contribution in [0.25, 0.3) is 11.1 Å². The molecule has 0 spiro atoms. The van der Waals surface area contributed by atoms with Gasteiger partial charge < -0.3 is 0 Å². The van der Waals surface area contributed by atoms with Crippen LogP contribution in [0.15, 0.2) is 48.5 Å². The number of nitriles is 1. The summed E-state index contributed by atoms with van der Waals surface area (Å²) in [5.74, 6) is -0.161. The predicted molar refractivity (Wildman–Crippen MR) is 79.6 cm³/mol. The van der Waals surface area contributed by atoms with Crippen LogP contribution in [0.2, 0.25) is 0 Å². The Morgan fingerprint density at radius 3 is 2.45 bits per heavy atom. The molecular weight excluding hydrogens is 249 g/mol. The van der Waals surface area contributed by atoms with Crippen LogP contribution in [0.3, 0.4) is 0 Å². The molecule has 0 saturated heterocycles. The van der Waals surface area contributed by atoms with E-state index >= 15 is 0 Å². The fourth-order valence-electron chi connectivity index (χ4n) is 2.28. The van der Waals surface area contributed by atoms with Crippen LogP contribution in [0, 0.1) is 17.1 Å². The van der Waals surface area contributed by atoms with E-state index in [9.17, 15) is 4.39 Å². The second kappa shape index (κ2) is 7.45. The van der Waals surface area contributed by atoms with Gasteiger partial charge in [-0.25, -0.2) is 4.39 Å². The van der Waals surface area contributed by atoms with E-state index in [2.05, 4.69) is 6.07 Å². The zero-order valence-electron chi connectivity index (χ0n) is 11.5. The SMILES string of the molecule is N#CCCCCCc1ccc(-c2ccccc2)c(F)c1. The first-order chi connectivity index (χ1) is 9.81. The second-order valence-corrected chi connectivity index (χ2v) is 4.90. The highest BCUT2D eigenvalue weighted by Gasteiger charge is 2.05. The van der Waals surface area contributed by atoms with Crippen molar-refractivity contribution in [3.05, 3.63) is 59.9 Å².